The van der Waals surface area contributed by atoms with Crippen molar-refractivity contribution in [3.8, 4) is 0 Å². The van der Waals surface area contributed by atoms with Gasteiger partial charge in [-0.1, -0.05) is 0 Å². The highest BCUT2D eigenvalue weighted by Crippen LogP contribution is 1.91. The average Bonchev–Trinajstić information content (AvgIpc) is 1.89. The molecule has 0 radical (unpaired) electrons. The molecule has 0 fully saturated rings. The maximum absolute atomic E-state index is 10.6. The number of alkyl halides is 1. The van der Waals surface area contributed by atoms with E-state index < -0.39 is 0 Å². The van der Waals surface area contributed by atoms with Gasteiger partial charge in [0.05, 0.1) is 6.54 Å². The highest BCUT2D eigenvalue weighted by molar-refractivity contribution is 6.19. The molecule has 0 saturated heterocycles. The van der Waals surface area contributed by atoms with Crippen LogP contribution in [0.25, 0.3) is 0 Å². The van der Waals surface area contributed by atoms with E-state index in [1.807, 2.05) is 0 Å². The second-order valence-corrected chi connectivity index (χ2v) is 2.08. The Hall–Kier alpha value is -0.660. The van der Waals surface area contributed by atoms with Crippen molar-refractivity contribution in [3.63, 3.8) is 0 Å². The molecular weight excluding hydrogens is 154 g/mol. The van der Waals surface area contributed by atoms with E-state index in [9.17, 15) is 9.59 Å². The van der Waals surface area contributed by atoms with Crippen molar-refractivity contribution in [2.75, 3.05) is 12.4 Å². The fourth-order valence-corrected chi connectivity index (χ4v) is 0.667. The monoisotopic (exact) mass is 161 g/mol. The second-order valence-electron chi connectivity index (χ2n) is 1.70. The minimum absolute atomic E-state index is 0.0361. The molecule has 0 aliphatic heterocycles. The molecule has 0 aliphatic rings. The van der Waals surface area contributed by atoms with Crippen LogP contribution in [0, 0.1) is 0 Å². The summed E-state index contributed by atoms with van der Waals surface area (Å²) in [5.74, 6) is 0.373. The first-order valence-corrected chi connectivity index (χ1v) is 3.46. The third-order valence-corrected chi connectivity index (χ3v) is 1.13. The summed E-state index contributed by atoms with van der Waals surface area (Å²) in [6.07, 6.45) is 2.01. The first-order chi connectivity index (χ1) is 4.81. The molecule has 0 aromatic rings. The Kier molecular flexibility index (Phi) is 6.03. The minimum Gasteiger partial charge on any atom is -0.300 e. The van der Waals surface area contributed by atoms with Gasteiger partial charge in [-0.15, -0.1) is 11.6 Å². The van der Waals surface area contributed by atoms with Crippen LogP contribution in [0.5, 0.6) is 0 Å². The Balaban J connectivity index is 3.30. The van der Waals surface area contributed by atoms with Crippen LogP contribution in [0.3, 0.4) is 0 Å². The third kappa shape index (κ3) is 5.48. The number of hydrogen-bond donors (Lipinski definition) is 0. The molecule has 0 rings (SSSR count). The van der Waals surface area contributed by atoms with E-state index >= 15 is 0 Å². The highest BCUT2D eigenvalue weighted by Gasteiger charge is 1.97. The highest BCUT2D eigenvalue weighted by atomic mass is 35.5. The van der Waals surface area contributed by atoms with Crippen molar-refractivity contribution < 1.29 is 9.59 Å². The summed E-state index contributed by atoms with van der Waals surface area (Å²) >= 11 is 5.28. The van der Waals surface area contributed by atoms with Gasteiger partial charge in [0.1, 0.15) is 5.78 Å². The molecule has 0 amide bonds. The Labute approximate surface area is 64.1 Å². The first kappa shape index (κ1) is 9.34. The van der Waals surface area contributed by atoms with E-state index in [-0.39, 0.29) is 12.3 Å². The lowest BCUT2D eigenvalue weighted by molar-refractivity contribution is -0.118. The van der Waals surface area contributed by atoms with Gasteiger partial charge >= 0.3 is 0 Å². The van der Waals surface area contributed by atoms with Gasteiger partial charge < -0.3 is 0 Å². The summed E-state index contributed by atoms with van der Waals surface area (Å²) < 4.78 is 0. The molecule has 3 nitrogen and oxygen atoms in total. The Morgan fingerprint density at radius 1 is 1.50 bits per heavy atom. The normalized spacial score (nSPS) is 8.50. The summed E-state index contributed by atoms with van der Waals surface area (Å²) in [7, 11) is 0. The standard InChI is InChI=1S/C6H8ClNO2/c7-3-1-6(10)2-4-8-5-9/h1-4H2. The first-order valence-electron chi connectivity index (χ1n) is 2.92. The van der Waals surface area contributed by atoms with E-state index in [2.05, 4.69) is 4.99 Å². The molecule has 0 heterocycles. The Morgan fingerprint density at radius 3 is 2.70 bits per heavy atom. The fourth-order valence-electron chi connectivity index (χ4n) is 0.457. The lowest BCUT2D eigenvalue weighted by Gasteiger charge is -1.90. The number of isocyanates is 1. The molecule has 10 heavy (non-hydrogen) atoms. The number of Topliss-reactive ketones (excluding diaryl/α,β-unsaturated/α-hetero) is 1. The van der Waals surface area contributed by atoms with Crippen molar-refractivity contribution in [2.45, 2.75) is 12.8 Å². The largest absolute Gasteiger partial charge is 0.300 e. The lowest BCUT2D eigenvalue weighted by Crippen LogP contribution is -1.99. The van der Waals surface area contributed by atoms with Crippen LogP contribution in [0.4, 0.5) is 0 Å². The van der Waals surface area contributed by atoms with Crippen LogP contribution >= 0.6 is 11.6 Å². The number of carbonyl (C=O) groups is 1. The zero-order chi connectivity index (χ0) is 7.82. The zero-order valence-corrected chi connectivity index (χ0v) is 6.23. The SMILES string of the molecule is O=C=NCCC(=O)CCCl. The van der Waals surface area contributed by atoms with Crippen LogP contribution in [0.2, 0.25) is 0 Å². The number of rotatable bonds is 5. The predicted molar refractivity (Wildman–Crippen MR) is 37.9 cm³/mol. The van der Waals surface area contributed by atoms with Crippen LogP contribution < -0.4 is 0 Å². The molecule has 0 saturated carbocycles. The topological polar surface area (TPSA) is 46.5 Å². The maximum Gasteiger partial charge on any atom is 0.234 e. The van der Waals surface area contributed by atoms with Gasteiger partial charge in [-0.2, -0.15) is 0 Å². The molecule has 0 atom stereocenters. The zero-order valence-electron chi connectivity index (χ0n) is 5.47. The molecule has 4 heteroatoms. The van der Waals surface area contributed by atoms with Crippen molar-refractivity contribution in [2.24, 2.45) is 4.99 Å². The number of nitrogens with zero attached hydrogens (tertiary/aromatic N) is 1. The number of hydrogen-bond acceptors (Lipinski definition) is 3. The minimum atomic E-state index is 0.0361. The molecular formula is C6H8ClNO2. The van der Waals surface area contributed by atoms with E-state index in [1.165, 1.54) is 6.08 Å². The van der Waals surface area contributed by atoms with Gasteiger partial charge in [-0.05, 0) is 0 Å². The molecule has 0 unspecified atom stereocenters. The molecule has 0 aromatic carbocycles. The quantitative estimate of drug-likeness (QED) is 0.342. The van der Waals surface area contributed by atoms with Gasteiger partial charge in [-0.3, -0.25) is 4.79 Å². The second kappa shape index (κ2) is 6.46. The third-order valence-electron chi connectivity index (χ3n) is 0.940. The molecule has 0 spiro atoms. The van der Waals surface area contributed by atoms with E-state index in [0.717, 1.165) is 0 Å². The van der Waals surface area contributed by atoms with Gasteiger partial charge in [0, 0.05) is 18.7 Å². The summed E-state index contributed by atoms with van der Waals surface area (Å²) in [5, 5.41) is 0. The molecule has 0 aromatic heterocycles. The smallest absolute Gasteiger partial charge is 0.234 e. The van der Waals surface area contributed by atoms with Crippen molar-refractivity contribution in [3.05, 3.63) is 0 Å². The number of aliphatic imine (C=N–C) groups is 1. The lowest BCUT2D eigenvalue weighted by atomic mass is 10.2. The Bertz CT molecular complexity index is 152. The number of carbonyl (C=O) groups excluding carboxylic acids is 2. The van der Waals surface area contributed by atoms with Crippen molar-refractivity contribution >= 4 is 23.5 Å². The summed E-state index contributed by atoms with van der Waals surface area (Å²) in [5.41, 5.74) is 0. The van der Waals surface area contributed by atoms with E-state index in [1.54, 1.807) is 0 Å². The van der Waals surface area contributed by atoms with Gasteiger partial charge in [0.2, 0.25) is 6.08 Å². The number of ketones is 1. The molecule has 0 bridgehead atoms. The molecule has 56 valence electrons. The van der Waals surface area contributed by atoms with Gasteiger partial charge in [0.15, 0.2) is 0 Å². The van der Waals surface area contributed by atoms with E-state index in [4.69, 9.17) is 11.6 Å². The van der Waals surface area contributed by atoms with Crippen molar-refractivity contribution in [1.82, 2.24) is 0 Å². The fraction of sp³-hybridized carbons (Fsp3) is 0.667. The molecule has 0 N–H and O–H groups in total. The predicted octanol–water partition coefficient (Wildman–Crippen LogP) is 0.910. The van der Waals surface area contributed by atoms with Crippen LogP contribution in [0.15, 0.2) is 4.99 Å². The van der Waals surface area contributed by atoms with Crippen LogP contribution in [0.1, 0.15) is 12.8 Å². The summed E-state index contributed by atoms with van der Waals surface area (Å²) in [6, 6.07) is 0. The summed E-state index contributed by atoms with van der Waals surface area (Å²) in [4.78, 5) is 23.4. The van der Waals surface area contributed by atoms with Gasteiger partial charge in [0.25, 0.3) is 0 Å². The summed E-state index contributed by atoms with van der Waals surface area (Å²) in [6.45, 7) is 0.235. The average molecular weight is 162 g/mol. The molecule has 0 aliphatic carbocycles. The van der Waals surface area contributed by atoms with Crippen LogP contribution in [-0.2, 0) is 9.59 Å². The Morgan fingerprint density at radius 2 is 2.20 bits per heavy atom. The number of halogens is 1. The van der Waals surface area contributed by atoms with Crippen LogP contribution in [-0.4, -0.2) is 24.3 Å². The van der Waals surface area contributed by atoms with E-state index in [0.29, 0.717) is 18.7 Å². The maximum atomic E-state index is 10.6. The van der Waals surface area contributed by atoms with Gasteiger partial charge in [-0.25, -0.2) is 9.79 Å². The van der Waals surface area contributed by atoms with Crippen molar-refractivity contribution in [1.29, 1.82) is 0 Å².